The molecule has 8 rings (SSSR count). The molecular formula is C39H32N4O11. The van der Waals surface area contributed by atoms with Crippen LogP contribution in [0.15, 0.2) is 71.5 Å². The highest BCUT2D eigenvalue weighted by Gasteiger charge is 2.64. The van der Waals surface area contributed by atoms with Crippen LogP contribution in [0.1, 0.15) is 70.1 Å². The van der Waals surface area contributed by atoms with Crippen molar-refractivity contribution in [3.05, 3.63) is 116 Å². The molecule has 5 aliphatic rings. The van der Waals surface area contributed by atoms with E-state index in [1.165, 1.54) is 49.3 Å². The van der Waals surface area contributed by atoms with Gasteiger partial charge in [0.05, 0.1) is 46.9 Å². The van der Waals surface area contributed by atoms with Gasteiger partial charge in [-0.1, -0.05) is 24.3 Å². The molecule has 5 amide bonds. The summed E-state index contributed by atoms with van der Waals surface area (Å²) in [5.41, 5.74) is 1.88. The van der Waals surface area contributed by atoms with Gasteiger partial charge in [-0.15, -0.1) is 0 Å². The maximum absolute atomic E-state index is 14.4. The Kier molecular flexibility index (Phi) is 7.55. The van der Waals surface area contributed by atoms with Gasteiger partial charge in [0.2, 0.25) is 5.78 Å². The van der Waals surface area contributed by atoms with E-state index in [1.54, 1.807) is 24.3 Å². The van der Waals surface area contributed by atoms with Crippen molar-refractivity contribution >= 4 is 46.9 Å². The van der Waals surface area contributed by atoms with Gasteiger partial charge >= 0.3 is 0 Å². The Hall–Kier alpha value is -6.45. The van der Waals surface area contributed by atoms with Crippen molar-refractivity contribution in [1.29, 1.82) is 0 Å². The molecule has 3 aliphatic carbocycles. The van der Waals surface area contributed by atoms with E-state index in [0.29, 0.717) is 0 Å². The Bertz CT molecular complexity index is 2340. The summed E-state index contributed by atoms with van der Waals surface area (Å²) in [5, 5.41) is 47.0. The number of amides is 5. The number of aliphatic hydroxyl groups excluding tert-OH is 2. The number of phenolic OH excluding ortho intramolecular Hbond substituents is 1. The van der Waals surface area contributed by atoms with Gasteiger partial charge in [0.25, 0.3) is 29.5 Å². The normalized spacial score (nSPS) is 24.6. The quantitative estimate of drug-likeness (QED) is 0.179. The van der Waals surface area contributed by atoms with Crippen LogP contribution < -0.4 is 5.73 Å². The number of Topliss-reactive ketones (excluding diaryl/α,β-unsaturated/α-hetero) is 2. The van der Waals surface area contributed by atoms with E-state index < -0.39 is 99.5 Å². The number of likely N-dealkylation sites (N-methyl/N-ethyl adjacent to an activating group) is 1. The molecule has 0 saturated heterocycles. The Balaban J connectivity index is 1.29. The zero-order valence-corrected chi connectivity index (χ0v) is 28.8. The van der Waals surface area contributed by atoms with Crippen LogP contribution in [0.5, 0.6) is 5.75 Å². The number of nitrogens with two attached hydrogens (primary N) is 1. The van der Waals surface area contributed by atoms with Crippen LogP contribution in [0.4, 0.5) is 0 Å². The van der Waals surface area contributed by atoms with Crippen LogP contribution in [-0.4, -0.2) is 102 Å². The van der Waals surface area contributed by atoms with Crippen molar-refractivity contribution in [3.63, 3.8) is 0 Å². The summed E-state index contributed by atoms with van der Waals surface area (Å²) in [6.45, 7) is -0.879. The maximum atomic E-state index is 14.4. The second kappa shape index (κ2) is 11.8. The summed E-state index contributed by atoms with van der Waals surface area (Å²) >= 11 is 0. The van der Waals surface area contributed by atoms with E-state index in [9.17, 15) is 54.0 Å². The van der Waals surface area contributed by atoms with Gasteiger partial charge in [0, 0.05) is 17.1 Å². The van der Waals surface area contributed by atoms with E-state index in [0.717, 1.165) is 9.80 Å². The van der Waals surface area contributed by atoms with Gasteiger partial charge in [-0.25, -0.2) is 0 Å². The largest absolute Gasteiger partial charge is 0.508 e. The lowest BCUT2D eigenvalue weighted by Crippen LogP contribution is -2.65. The summed E-state index contributed by atoms with van der Waals surface area (Å²) in [6, 6.07) is 12.5. The molecule has 274 valence electrons. The molecule has 2 aliphatic heterocycles. The number of aliphatic hydroxyl groups is 3. The molecule has 1 saturated carbocycles. The number of nitrogens with zero attached hydrogens (tertiary/aromatic N) is 3. The molecule has 0 aromatic heterocycles. The summed E-state index contributed by atoms with van der Waals surface area (Å²) in [4.78, 5) is 97.3. The van der Waals surface area contributed by atoms with Gasteiger partial charge in [-0.3, -0.25) is 48.3 Å². The molecule has 1 fully saturated rings. The monoisotopic (exact) mass is 732 g/mol. The fourth-order valence-electron chi connectivity index (χ4n) is 8.82. The first-order valence-corrected chi connectivity index (χ1v) is 17.0. The number of primary amides is 1. The minimum Gasteiger partial charge on any atom is -0.508 e. The van der Waals surface area contributed by atoms with Crippen molar-refractivity contribution in [1.82, 2.24) is 14.7 Å². The first-order valence-electron chi connectivity index (χ1n) is 17.0. The third-order valence-corrected chi connectivity index (χ3v) is 11.3. The highest BCUT2D eigenvalue weighted by molar-refractivity contribution is 6.25. The summed E-state index contributed by atoms with van der Waals surface area (Å²) in [7, 11) is 2.98. The molecule has 0 unspecified atom stereocenters. The molecule has 3 aromatic rings. The Labute approximate surface area is 306 Å². The van der Waals surface area contributed by atoms with Gasteiger partial charge in [0.1, 0.15) is 22.8 Å². The lowest BCUT2D eigenvalue weighted by molar-refractivity contribution is -0.153. The SMILES string of the molecule is CN(C)[C@H]1C(=O)C(C(N)=O)=C(O)[C@@]2(O)C(=O)C3=C(O)c4c(O)c(CN5C(=O)c6ccccc6C5=O)cc(CN5C(=O)c6ccccc6C5=O)c4C[C@@H]3C[C@@H]12. The van der Waals surface area contributed by atoms with Gasteiger partial charge < -0.3 is 26.2 Å². The number of hydrogen-bond acceptors (Lipinski definition) is 12. The van der Waals surface area contributed by atoms with Gasteiger partial charge in [0.15, 0.2) is 11.4 Å². The maximum Gasteiger partial charge on any atom is 0.261 e. The molecule has 15 heteroatoms. The van der Waals surface area contributed by atoms with E-state index in [-0.39, 0.29) is 63.9 Å². The minimum atomic E-state index is -2.87. The number of carbonyl (C=O) groups is 7. The zero-order chi connectivity index (χ0) is 38.7. The number of aromatic hydroxyl groups is 1. The topological polar surface area (TPSA) is 236 Å². The third kappa shape index (κ3) is 4.51. The summed E-state index contributed by atoms with van der Waals surface area (Å²) < 4.78 is 0. The van der Waals surface area contributed by atoms with Crippen LogP contribution in [0.3, 0.4) is 0 Å². The molecule has 2 heterocycles. The molecule has 0 bridgehead atoms. The van der Waals surface area contributed by atoms with E-state index >= 15 is 0 Å². The Morgan fingerprint density at radius 2 is 1.30 bits per heavy atom. The summed E-state index contributed by atoms with van der Waals surface area (Å²) in [5.74, 6) is -10.9. The Morgan fingerprint density at radius 3 is 1.76 bits per heavy atom. The number of rotatable bonds is 6. The van der Waals surface area contributed by atoms with Crippen molar-refractivity contribution in [2.75, 3.05) is 14.1 Å². The molecule has 4 atom stereocenters. The molecule has 15 nitrogen and oxygen atoms in total. The van der Waals surface area contributed by atoms with Crippen LogP contribution in [0, 0.1) is 11.8 Å². The number of carbonyl (C=O) groups excluding carboxylic acids is 7. The van der Waals surface area contributed by atoms with Crippen LogP contribution in [0.25, 0.3) is 5.76 Å². The Morgan fingerprint density at radius 1 is 0.815 bits per heavy atom. The molecule has 3 aromatic carbocycles. The van der Waals surface area contributed by atoms with E-state index in [4.69, 9.17) is 5.73 Å². The van der Waals surface area contributed by atoms with E-state index in [2.05, 4.69) is 0 Å². The average Bonchev–Trinajstić information content (AvgIpc) is 3.51. The van der Waals surface area contributed by atoms with Crippen LogP contribution in [0.2, 0.25) is 0 Å². The number of hydrogen-bond donors (Lipinski definition) is 5. The number of benzene rings is 3. The predicted molar refractivity (Wildman–Crippen MR) is 186 cm³/mol. The van der Waals surface area contributed by atoms with Gasteiger partial charge in [-0.2, -0.15) is 0 Å². The smallest absolute Gasteiger partial charge is 0.261 e. The van der Waals surface area contributed by atoms with Gasteiger partial charge in [-0.05, 0) is 74.3 Å². The zero-order valence-electron chi connectivity index (χ0n) is 28.8. The van der Waals surface area contributed by atoms with Crippen molar-refractivity contribution in [2.24, 2.45) is 17.6 Å². The second-order valence-electron chi connectivity index (χ2n) is 14.3. The third-order valence-electron chi connectivity index (χ3n) is 11.3. The number of phenols is 1. The first-order chi connectivity index (χ1) is 25.6. The minimum absolute atomic E-state index is 0.0741. The highest BCUT2D eigenvalue weighted by atomic mass is 16.3. The summed E-state index contributed by atoms with van der Waals surface area (Å²) in [6.07, 6.45) is -0.302. The number of ketones is 2. The molecule has 0 spiro atoms. The lowest BCUT2D eigenvalue weighted by atomic mass is 9.57. The number of fused-ring (bicyclic) bond motifs is 5. The fraction of sp³-hybridized carbons (Fsp3) is 0.256. The average molecular weight is 733 g/mol. The van der Waals surface area contributed by atoms with E-state index in [1.807, 2.05) is 0 Å². The molecule has 0 radical (unpaired) electrons. The molecule has 6 N–H and O–H groups in total. The van der Waals surface area contributed by atoms with Crippen molar-refractivity contribution in [3.8, 4) is 5.75 Å². The molecule has 54 heavy (non-hydrogen) atoms. The van der Waals surface area contributed by atoms with Crippen LogP contribution >= 0.6 is 0 Å². The first kappa shape index (κ1) is 34.6. The van der Waals surface area contributed by atoms with Crippen molar-refractivity contribution in [2.45, 2.75) is 37.6 Å². The highest BCUT2D eigenvalue weighted by Crippen LogP contribution is 2.53. The fourth-order valence-corrected chi connectivity index (χ4v) is 8.82. The van der Waals surface area contributed by atoms with Crippen LogP contribution in [-0.2, 0) is 33.9 Å². The lowest BCUT2D eigenvalue weighted by Gasteiger charge is -2.50. The second-order valence-corrected chi connectivity index (χ2v) is 14.3. The number of imide groups is 2. The predicted octanol–water partition coefficient (Wildman–Crippen LogP) is 1.56. The van der Waals surface area contributed by atoms with Crippen molar-refractivity contribution < 1.29 is 54.0 Å². The standard InChI is InChI=1S/C39H32N4O11/c1-41(2)28-24-13-16-12-23-17(14-42-35(50)19-7-3-4-8-20(19)36(42)51)11-18(15-43-37(52)21-9-5-6-10-22(21)38(43)53)29(44)26(23)30(45)25(16)32(47)39(24,54)33(48)27(31(28)46)34(40)49/h3-11,16,24,28,44-45,48,54H,12-15H2,1-2H3,(H2,40,49)/t16-,24+,28-,39+/m1/s1. The molecular weight excluding hydrogens is 700 g/mol.